The Morgan fingerprint density at radius 3 is 2.36 bits per heavy atom. The highest BCUT2D eigenvalue weighted by Crippen LogP contribution is 2.20. The Bertz CT molecular complexity index is 444. The summed E-state index contributed by atoms with van der Waals surface area (Å²) in [5.41, 5.74) is 1.85. The van der Waals surface area contributed by atoms with E-state index in [1.165, 1.54) is 0 Å². The van der Waals surface area contributed by atoms with Gasteiger partial charge in [-0.2, -0.15) is 0 Å². The zero-order chi connectivity index (χ0) is 9.97. The van der Waals surface area contributed by atoms with Gasteiger partial charge in [0.15, 0.2) is 0 Å². The smallest absolute Gasteiger partial charge is 0.222 e. The van der Waals surface area contributed by atoms with Crippen molar-refractivity contribution in [3.63, 3.8) is 0 Å². The molecule has 0 saturated heterocycles. The SMILES string of the molecule is Clc1ncc(-c2cncc(Br)c2)cn1. The minimum Gasteiger partial charge on any atom is -0.263 e. The minimum absolute atomic E-state index is 0.247. The molecule has 0 aliphatic carbocycles. The van der Waals surface area contributed by atoms with Crippen molar-refractivity contribution in [2.45, 2.75) is 0 Å². The fraction of sp³-hybridized carbons (Fsp3) is 0. The summed E-state index contributed by atoms with van der Waals surface area (Å²) >= 11 is 8.93. The zero-order valence-corrected chi connectivity index (χ0v) is 9.33. The largest absolute Gasteiger partial charge is 0.263 e. The Kier molecular flexibility index (Phi) is 2.74. The first-order valence-corrected chi connectivity index (χ1v) is 5.01. The number of hydrogen-bond acceptors (Lipinski definition) is 3. The summed E-state index contributed by atoms with van der Waals surface area (Å²) in [7, 11) is 0. The van der Waals surface area contributed by atoms with E-state index < -0.39 is 0 Å². The third-order valence-corrected chi connectivity index (χ3v) is 2.29. The molecule has 2 rings (SSSR count). The normalized spacial score (nSPS) is 10.1. The molecule has 5 heteroatoms. The molecule has 0 N–H and O–H groups in total. The van der Waals surface area contributed by atoms with Crippen LogP contribution in [0.1, 0.15) is 0 Å². The number of aromatic nitrogens is 3. The van der Waals surface area contributed by atoms with Gasteiger partial charge in [0.1, 0.15) is 0 Å². The van der Waals surface area contributed by atoms with Gasteiger partial charge in [-0.25, -0.2) is 9.97 Å². The fourth-order valence-corrected chi connectivity index (χ4v) is 1.49. The van der Waals surface area contributed by atoms with Crippen molar-refractivity contribution in [2.24, 2.45) is 0 Å². The van der Waals surface area contributed by atoms with Gasteiger partial charge in [-0.15, -0.1) is 0 Å². The molecule has 14 heavy (non-hydrogen) atoms. The standard InChI is InChI=1S/C9H5BrClN3/c10-8-1-6(2-12-5-8)7-3-13-9(11)14-4-7/h1-5H. The van der Waals surface area contributed by atoms with Crippen molar-refractivity contribution in [2.75, 3.05) is 0 Å². The maximum Gasteiger partial charge on any atom is 0.222 e. The summed E-state index contributed by atoms with van der Waals surface area (Å²) in [4.78, 5) is 11.8. The summed E-state index contributed by atoms with van der Waals surface area (Å²) in [5, 5.41) is 0.247. The second-order valence-corrected chi connectivity index (χ2v) is 3.89. The molecule has 0 bridgehead atoms. The second-order valence-electron chi connectivity index (χ2n) is 2.63. The molecule has 0 radical (unpaired) electrons. The number of hydrogen-bond donors (Lipinski definition) is 0. The Morgan fingerprint density at radius 1 is 1.00 bits per heavy atom. The molecule has 2 aromatic heterocycles. The van der Waals surface area contributed by atoms with Gasteiger partial charge in [-0.3, -0.25) is 4.98 Å². The van der Waals surface area contributed by atoms with Crippen LogP contribution in [-0.4, -0.2) is 15.0 Å². The summed E-state index contributed by atoms with van der Waals surface area (Å²) in [6.45, 7) is 0. The van der Waals surface area contributed by atoms with Crippen LogP contribution in [0.2, 0.25) is 5.28 Å². The summed E-state index contributed by atoms with van der Waals surface area (Å²) in [6, 6.07) is 1.94. The first kappa shape index (κ1) is 9.55. The van der Waals surface area contributed by atoms with E-state index in [1.54, 1.807) is 24.8 Å². The van der Waals surface area contributed by atoms with E-state index in [9.17, 15) is 0 Å². The van der Waals surface area contributed by atoms with Crippen LogP contribution in [0.4, 0.5) is 0 Å². The molecule has 2 aromatic rings. The van der Waals surface area contributed by atoms with Gasteiger partial charge >= 0.3 is 0 Å². The minimum atomic E-state index is 0.247. The van der Waals surface area contributed by atoms with Gasteiger partial charge in [-0.1, -0.05) is 0 Å². The summed E-state index contributed by atoms with van der Waals surface area (Å²) in [5.74, 6) is 0. The number of rotatable bonds is 1. The average Bonchev–Trinajstić information content (AvgIpc) is 2.19. The van der Waals surface area contributed by atoms with Crippen molar-refractivity contribution in [1.29, 1.82) is 0 Å². The Balaban J connectivity index is 2.44. The summed E-state index contributed by atoms with van der Waals surface area (Å²) < 4.78 is 0.921. The van der Waals surface area contributed by atoms with Crippen molar-refractivity contribution in [1.82, 2.24) is 15.0 Å². The van der Waals surface area contributed by atoms with E-state index in [0.29, 0.717) is 0 Å². The molecule has 2 heterocycles. The molecular formula is C9H5BrClN3. The lowest BCUT2D eigenvalue weighted by molar-refractivity contribution is 1.17. The second kappa shape index (κ2) is 4.02. The lowest BCUT2D eigenvalue weighted by atomic mass is 10.2. The summed E-state index contributed by atoms with van der Waals surface area (Å²) in [6.07, 6.45) is 6.80. The van der Waals surface area contributed by atoms with Crippen LogP contribution < -0.4 is 0 Å². The topological polar surface area (TPSA) is 38.7 Å². The van der Waals surface area contributed by atoms with Crippen LogP contribution in [0, 0.1) is 0 Å². The monoisotopic (exact) mass is 269 g/mol. The van der Waals surface area contributed by atoms with Gasteiger partial charge in [0.25, 0.3) is 0 Å². The predicted octanol–water partition coefficient (Wildman–Crippen LogP) is 2.95. The molecule has 0 aliphatic rings. The van der Waals surface area contributed by atoms with Crippen LogP contribution >= 0.6 is 27.5 Å². The third kappa shape index (κ3) is 2.08. The Hall–Kier alpha value is -1.00. The molecule has 0 amide bonds. The number of pyridine rings is 1. The molecule has 0 aromatic carbocycles. The predicted molar refractivity (Wildman–Crippen MR) is 58.0 cm³/mol. The fourth-order valence-electron chi connectivity index (χ4n) is 1.03. The lowest BCUT2D eigenvalue weighted by Gasteiger charge is -1.99. The molecule has 0 aliphatic heterocycles. The maximum absolute atomic E-state index is 5.58. The average molecular weight is 271 g/mol. The van der Waals surface area contributed by atoms with Gasteiger partial charge in [0.05, 0.1) is 0 Å². The van der Waals surface area contributed by atoms with Crippen LogP contribution in [0.15, 0.2) is 35.3 Å². The van der Waals surface area contributed by atoms with Gasteiger partial charge in [0.2, 0.25) is 5.28 Å². The van der Waals surface area contributed by atoms with Crippen molar-refractivity contribution >= 4 is 27.5 Å². The molecule has 0 atom stereocenters. The highest BCUT2D eigenvalue weighted by atomic mass is 79.9. The van der Waals surface area contributed by atoms with E-state index in [1.807, 2.05) is 6.07 Å². The molecule has 0 saturated carbocycles. The zero-order valence-electron chi connectivity index (χ0n) is 6.98. The van der Waals surface area contributed by atoms with Crippen LogP contribution in [0.5, 0.6) is 0 Å². The van der Waals surface area contributed by atoms with Gasteiger partial charge in [0, 0.05) is 40.4 Å². The van der Waals surface area contributed by atoms with Crippen LogP contribution in [0.25, 0.3) is 11.1 Å². The van der Waals surface area contributed by atoms with Gasteiger partial charge < -0.3 is 0 Å². The molecule has 70 valence electrons. The highest BCUT2D eigenvalue weighted by molar-refractivity contribution is 9.10. The molecule has 0 spiro atoms. The molecule has 0 unspecified atom stereocenters. The lowest BCUT2D eigenvalue weighted by Crippen LogP contribution is -1.85. The van der Waals surface area contributed by atoms with Gasteiger partial charge in [-0.05, 0) is 33.6 Å². The van der Waals surface area contributed by atoms with E-state index in [0.717, 1.165) is 15.6 Å². The number of nitrogens with zero attached hydrogens (tertiary/aromatic N) is 3. The van der Waals surface area contributed by atoms with Crippen LogP contribution in [0.3, 0.4) is 0 Å². The molecular weight excluding hydrogens is 265 g/mol. The van der Waals surface area contributed by atoms with Crippen molar-refractivity contribution < 1.29 is 0 Å². The third-order valence-electron chi connectivity index (χ3n) is 1.66. The van der Waals surface area contributed by atoms with E-state index in [-0.39, 0.29) is 5.28 Å². The number of halogens is 2. The Labute approximate surface area is 94.3 Å². The van der Waals surface area contributed by atoms with E-state index >= 15 is 0 Å². The van der Waals surface area contributed by atoms with Crippen LogP contribution in [-0.2, 0) is 0 Å². The van der Waals surface area contributed by atoms with Crippen molar-refractivity contribution in [3.8, 4) is 11.1 Å². The van der Waals surface area contributed by atoms with Crippen molar-refractivity contribution in [3.05, 3.63) is 40.6 Å². The molecule has 3 nitrogen and oxygen atoms in total. The maximum atomic E-state index is 5.58. The van der Waals surface area contributed by atoms with E-state index in [2.05, 4.69) is 30.9 Å². The first-order valence-electron chi connectivity index (χ1n) is 3.84. The first-order chi connectivity index (χ1) is 6.75. The quantitative estimate of drug-likeness (QED) is 0.748. The highest BCUT2D eigenvalue weighted by Gasteiger charge is 1.99. The van der Waals surface area contributed by atoms with E-state index in [4.69, 9.17) is 11.6 Å². The molecule has 0 fully saturated rings. The Morgan fingerprint density at radius 2 is 1.71 bits per heavy atom.